The Morgan fingerprint density at radius 1 is 1.22 bits per heavy atom. The van der Waals surface area contributed by atoms with E-state index >= 15 is 0 Å². The van der Waals surface area contributed by atoms with E-state index in [2.05, 4.69) is 32.3 Å². The van der Waals surface area contributed by atoms with Crippen LogP contribution in [0.2, 0.25) is 0 Å². The Kier molecular flexibility index (Phi) is 4.80. The zero-order valence-electron chi connectivity index (χ0n) is 13.3. The summed E-state index contributed by atoms with van der Waals surface area (Å²) in [7, 11) is 0. The van der Waals surface area contributed by atoms with Gasteiger partial charge in [-0.25, -0.2) is 0 Å². The van der Waals surface area contributed by atoms with Crippen molar-refractivity contribution in [1.82, 2.24) is 20.5 Å². The highest BCUT2D eigenvalue weighted by molar-refractivity contribution is 5.92. The minimum Gasteiger partial charge on any atom is -0.355 e. The number of anilines is 1. The molecule has 1 aliphatic rings. The number of amides is 1. The molecule has 0 aliphatic carbocycles. The Bertz CT molecular complexity index is 636. The van der Waals surface area contributed by atoms with Gasteiger partial charge in [-0.3, -0.25) is 9.78 Å². The summed E-state index contributed by atoms with van der Waals surface area (Å²) in [4.78, 5) is 18.5. The number of piperidine rings is 1. The molecule has 0 saturated carbocycles. The van der Waals surface area contributed by atoms with Crippen molar-refractivity contribution in [2.45, 2.75) is 26.3 Å². The maximum Gasteiger partial charge on any atom is 0.272 e. The maximum absolute atomic E-state index is 12.1. The van der Waals surface area contributed by atoms with Gasteiger partial charge in [0.1, 0.15) is 0 Å². The first-order valence-electron chi connectivity index (χ1n) is 7.99. The molecule has 1 aliphatic heterocycles. The Labute approximate surface area is 136 Å². The average molecular weight is 311 g/mol. The molecule has 23 heavy (non-hydrogen) atoms. The Balaban J connectivity index is 1.57. The van der Waals surface area contributed by atoms with E-state index in [0.29, 0.717) is 12.2 Å². The predicted molar refractivity (Wildman–Crippen MR) is 88.1 cm³/mol. The first-order valence-corrected chi connectivity index (χ1v) is 7.99. The van der Waals surface area contributed by atoms with Crippen LogP contribution in [-0.2, 0) is 6.54 Å². The lowest BCUT2D eigenvalue weighted by atomic mass is 9.99. The van der Waals surface area contributed by atoms with Crippen LogP contribution in [0, 0.1) is 5.92 Å². The van der Waals surface area contributed by atoms with Crippen molar-refractivity contribution in [3.63, 3.8) is 0 Å². The predicted octanol–water partition coefficient (Wildman–Crippen LogP) is 2.04. The van der Waals surface area contributed by atoms with E-state index in [0.717, 1.165) is 30.5 Å². The second kappa shape index (κ2) is 7.17. The van der Waals surface area contributed by atoms with E-state index in [1.54, 1.807) is 12.3 Å². The summed E-state index contributed by atoms with van der Waals surface area (Å²) in [5, 5.41) is 11.1. The maximum atomic E-state index is 12.1. The highest BCUT2D eigenvalue weighted by atomic mass is 16.1. The molecule has 3 rings (SSSR count). The Hall–Kier alpha value is -2.50. The van der Waals surface area contributed by atoms with E-state index in [-0.39, 0.29) is 5.91 Å². The minimum atomic E-state index is -0.234. The summed E-state index contributed by atoms with van der Waals surface area (Å²) < 4.78 is 0. The molecule has 3 heterocycles. The molecule has 0 bridgehead atoms. The summed E-state index contributed by atoms with van der Waals surface area (Å²) in [6.45, 7) is 4.66. The summed E-state index contributed by atoms with van der Waals surface area (Å²) in [6.07, 6.45) is 4.05. The third-order valence-corrected chi connectivity index (χ3v) is 4.15. The van der Waals surface area contributed by atoms with Crippen LogP contribution in [0.15, 0.2) is 36.5 Å². The smallest absolute Gasteiger partial charge is 0.272 e. The molecular weight excluding hydrogens is 290 g/mol. The number of hydrogen-bond acceptors (Lipinski definition) is 5. The zero-order valence-corrected chi connectivity index (χ0v) is 13.3. The molecular formula is C17H21N5O. The van der Waals surface area contributed by atoms with Crippen LogP contribution in [-0.4, -0.2) is 34.2 Å². The highest BCUT2D eigenvalue weighted by Crippen LogP contribution is 2.20. The zero-order chi connectivity index (χ0) is 16.1. The molecule has 2 aromatic rings. The molecule has 2 aromatic heterocycles. The number of rotatable bonds is 4. The average Bonchev–Trinajstić information content (AvgIpc) is 2.61. The van der Waals surface area contributed by atoms with E-state index in [1.165, 1.54) is 12.8 Å². The molecule has 0 atom stereocenters. The standard InChI is InChI=1S/C17H21N5O/c1-13-7-10-22(11-8-13)16-6-5-15(20-21-16)17(23)19-12-14-4-2-3-9-18-14/h2-6,9,13H,7-8,10-12H2,1H3,(H,19,23). The van der Waals surface area contributed by atoms with Gasteiger partial charge in [-0.05, 0) is 43.0 Å². The largest absolute Gasteiger partial charge is 0.355 e. The molecule has 0 radical (unpaired) electrons. The van der Waals surface area contributed by atoms with E-state index < -0.39 is 0 Å². The van der Waals surface area contributed by atoms with Crippen LogP contribution in [0.4, 0.5) is 5.82 Å². The van der Waals surface area contributed by atoms with Gasteiger partial charge < -0.3 is 10.2 Å². The molecule has 6 heteroatoms. The minimum absolute atomic E-state index is 0.234. The second-order valence-electron chi connectivity index (χ2n) is 5.95. The molecule has 0 spiro atoms. The lowest BCUT2D eigenvalue weighted by Crippen LogP contribution is -2.33. The molecule has 1 saturated heterocycles. The summed E-state index contributed by atoms with van der Waals surface area (Å²) in [6, 6.07) is 9.21. The van der Waals surface area contributed by atoms with E-state index in [9.17, 15) is 4.79 Å². The molecule has 1 amide bonds. The number of nitrogens with zero attached hydrogens (tertiary/aromatic N) is 4. The van der Waals surface area contributed by atoms with Gasteiger partial charge in [-0.2, -0.15) is 0 Å². The fraction of sp³-hybridized carbons (Fsp3) is 0.412. The fourth-order valence-electron chi connectivity index (χ4n) is 2.62. The van der Waals surface area contributed by atoms with Gasteiger partial charge in [0, 0.05) is 19.3 Å². The molecule has 6 nitrogen and oxygen atoms in total. The second-order valence-corrected chi connectivity index (χ2v) is 5.95. The molecule has 0 unspecified atom stereocenters. The number of nitrogens with one attached hydrogen (secondary N) is 1. The topological polar surface area (TPSA) is 71.0 Å². The number of hydrogen-bond donors (Lipinski definition) is 1. The molecule has 1 fully saturated rings. The van der Waals surface area contributed by atoms with E-state index in [1.807, 2.05) is 24.3 Å². The van der Waals surface area contributed by atoms with Gasteiger partial charge in [-0.15, -0.1) is 10.2 Å². The molecule has 0 aromatic carbocycles. The van der Waals surface area contributed by atoms with Crippen LogP contribution in [0.25, 0.3) is 0 Å². The monoisotopic (exact) mass is 311 g/mol. The van der Waals surface area contributed by atoms with Crippen LogP contribution < -0.4 is 10.2 Å². The van der Waals surface area contributed by atoms with Gasteiger partial charge in [0.15, 0.2) is 11.5 Å². The van der Waals surface area contributed by atoms with Crippen molar-refractivity contribution in [1.29, 1.82) is 0 Å². The van der Waals surface area contributed by atoms with Gasteiger partial charge in [0.05, 0.1) is 12.2 Å². The van der Waals surface area contributed by atoms with Gasteiger partial charge in [0.25, 0.3) is 5.91 Å². The summed E-state index contributed by atoms with van der Waals surface area (Å²) in [5.74, 6) is 1.39. The lowest BCUT2D eigenvalue weighted by molar-refractivity contribution is 0.0944. The van der Waals surface area contributed by atoms with Crippen molar-refractivity contribution in [2.75, 3.05) is 18.0 Å². The van der Waals surface area contributed by atoms with Gasteiger partial charge in [-0.1, -0.05) is 13.0 Å². The van der Waals surface area contributed by atoms with Crippen molar-refractivity contribution in [3.8, 4) is 0 Å². The normalized spacial score (nSPS) is 15.4. The summed E-state index contributed by atoms with van der Waals surface area (Å²) in [5.41, 5.74) is 1.14. The third kappa shape index (κ3) is 4.03. The first-order chi connectivity index (χ1) is 11.2. The van der Waals surface area contributed by atoms with Crippen LogP contribution in [0.3, 0.4) is 0 Å². The number of pyridine rings is 1. The molecule has 120 valence electrons. The van der Waals surface area contributed by atoms with Crippen molar-refractivity contribution >= 4 is 11.7 Å². The number of aromatic nitrogens is 3. The Morgan fingerprint density at radius 2 is 2.04 bits per heavy atom. The third-order valence-electron chi connectivity index (χ3n) is 4.15. The van der Waals surface area contributed by atoms with Crippen molar-refractivity contribution in [2.24, 2.45) is 5.92 Å². The van der Waals surface area contributed by atoms with Crippen molar-refractivity contribution < 1.29 is 4.79 Å². The van der Waals surface area contributed by atoms with Crippen molar-refractivity contribution in [3.05, 3.63) is 47.9 Å². The van der Waals surface area contributed by atoms with Crippen LogP contribution in [0.1, 0.15) is 35.9 Å². The SMILES string of the molecule is CC1CCN(c2ccc(C(=O)NCc3ccccn3)nn2)CC1. The van der Waals surface area contributed by atoms with Gasteiger partial charge in [0.2, 0.25) is 0 Å². The van der Waals surface area contributed by atoms with Crippen LogP contribution >= 0.6 is 0 Å². The number of carbonyl (C=O) groups is 1. The first kappa shape index (κ1) is 15.4. The Morgan fingerprint density at radius 3 is 2.70 bits per heavy atom. The van der Waals surface area contributed by atoms with Gasteiger partial charge >= 0.3 is 0 Å². The van der Waals surface area contributed by atoms with Crippen LogP contribution in [0.5, 0.6) is 0 Å². The van der Waals surface area contributed by atoms with E-state index in [4.69, 9.17) is 0 Å². The molecule has 1 N–H and O–H groups in total. The fourth-order valence-corrected chi connectivity index (χ4v) is 2.62. The highest BCUT2D eigenvalue weighted by Gasteiger charge is 2.17. The quantitative estimate of drug-likeness (QED) is 0.935. The number of carbonyl (C=O) groups excluding carboxylic acids is 1. The lowest BCUT2D eigenvalue weighted by Gasteiger charge is -2.30. The summed E-state index contributed by atoms with van der Waals surface area (Å²) >= 11 is 0.